The number of ether oxygens (including phenoxy) is 1. The fraction of sp³-hybridized carbons (Fsp3) is 0.160. The highest BCUT2D eigenvalue weighted by Gasteiger charge is 2.24. The SMILES string of the molecule is COC(=O)c1c(NC(=S)Nc2cc(C)n(Cc3ccc(Cl)cc3)n2)sc(C)c1-c1ccccc1. The van der Waals surface area contributed by atoms with E-state index in [0.29, 0.717) is 33.1 Å². The topological polar surface area (TPSA) is 68.2 Å². The predicted octanol–water partition coefficient (Wildman–Crippen LogP) is 6.53. The Balaban J connectivity index is 1.53. The molecule has 4 rings (SSSR count). The molecule has 0 spiro atoms. The van der Waals surface area contributed by atoms with E-state index in [4.69, 9.17) is 28.6 Å². The minimum Gasteiger partial charge on any atom is -0.465 e. The second-order valence-electron chi connectivity index (χ2n) is 7.63. The molecule has 0 aliphatic carbocycles. The quantitative estimate of drug-likeness (QED) is 0.227. The summed E-state index contributed by atoms with van der Waals surface area (Å²) in [7, 11) is 1.38. The maximum atomic E-state index is 12.7. The molecule has 0 amide bonds. The monoisotopic (exact) mass is 510 g/mol. The summed E-state index contributed by atoms with van der Waals surface area (Å²) in [4.78, 5) is 13.7. The van der Waals surface area contributed by atoms with Crippen LogP contribution in [0.5, 0.6) is 0 Å². The van der Waals surface area contributed by atoms with Crippen molar-refractivity contribution in [1.82, 2.24) is 9.78 Å². The molecular weight excluding hydrogens is 488 g/mol. The van der Waals surface area contributed by atoms with Crippen LogP contribution in [-0.2, 0) is 11.3 Å². The van der Waals surface area contributed by atoms with Gasteiger partial charge < -0.3 is 15.4 Å². The molecule has 0 saturated carbocycles. The third-order valence-corrected chi connectivity index (χ3v) is 6.71. The number of benzene rings is 2. The van der Waals surface area contributed by atoms with Gasteiger partial charge in [-0.05, 0) is 49.3 Å². The molecule has 0 bridgehead atoms. The van der Waals surface area contributed by atoms with E-state index in [1.54, 1.807) is 0 Å². The number of hydrogen-bond acceptors (Lipinski definition) is 5. The van der Waals surface area contributed by atoms with Gasteiger partial charge in [0.05, 0.1) is 13.7 Å². The average Bonchev–Trinajstić information content (AvgIpc) is 3.33. The molecule has 4 aromatic rings. The zero-order chi connectivity index (χ0) is 24.2. The Morgan fingerprint density at radius 3 is 2.50 bits per heavy atom. The highest BCUT2D eigenvalue weighted by Crippen LogP contribution is 2.40. The first-order valence-corrected chi connectivity index (χ1v) is 12.1. The molecule has 0 aliphatic heterocycles. The molecule has 0 atom stereocenters. The van der Waals surface area contributed by atoms with Crippen LogP contribution in [0.1, 0.15) is 26.5 Å². The molecule has 2 aromatic heterocycles. The van der Waals surface area contributed by atoms with Crippen LogP contribution in [-0.4, -0.2) is 28.0 Å². The number of rotatable bonds is 6. The summed E-state index contributed by atoms with van der Waals surface area (Å²) in [5.74, 6) is 0.191. The number of methoxy groups -OCH3 is 1. The first-order valence-electron chi connectivity index (χ1n) is 10.5. The fourth-order valence-electron chi connectivity index (χ4n) is 3.63. The average molecular weight is 511 g/mol. The number of carbonyl (C=O) groups is 1. The number of nitrogens with one attached hydrogen (secondary N) is 2. The van der Waals surface area contributed by atoms with Gasteiger partial charge in [-0.2, -0.15) is 5.10 Å². The first kappa shape index (κ1) is 23.9. The standard InChI is InChI=1S/C25H23ClN4O2S2/c1-15-13-20(29-30(15)14-17-9-11-19(26)12-10-17)27-25(33)28-23-22(24(31)32-3)21(16(2)34-23)18-7-5-4-6-8-18/h4-13H,14H2,1-3H3,(H2,27,28,29,33). The lowest BCUT2D eigenvalue weighted by Gasteiger charge is -2.10. The smallest absolute Gasteiger partial charge is 0.341 e. The number of thiophene rings is 1. The maximum Gasteiger partial charge on any atom is 0.341 e. The molecule has 2 aromatic carbocycles. The van der Waals surface area contributed by atoms with Crippen molar-refractivity contribution >= 4 is 57.1 Å². The number of aryl methyl sites for hydroxylation is 2. The van der Waals surface area contributed by atoms with Gasteiger partial charge in [-0.25, -0.2) is 4.79 Å². The van der Waals surface area contributed by atoms with Crippen molar-refractivity contribution in [3.63, 3.8) is 0 Å². The van der Waals surface area contributed by atoms with Gasteiger partial charge in [-0.3, -0.25) is 4.68 Å². The highest BCUT2D eigenvalue weighted by molar-refractivity contribution is 7.80. The maximum absolute atomic E-state index is 12.7. The second kappa shape index (κ2) is 10.4. The normalized spacial score (nSPS) is 10.7. The zero-order valence-corrected chi connectivity index (χ0v) is 21.3. The summed E-state index contributed by atoms with van der Waals surface area (Å²) in [6.45, 7) is 4.57. The fourth-order valence-corrected chi connectivity index (χ4v) is 5.09. The Kier molecular flexibility index (Phi) is 7.31. The Morgan fingerprint density at radius 1 is 1.12 bits per heavy atom. The number of nitrogens with zero attached hydrogens (tertiary/aromatic N) is 2. The number of aromatic nitrogens is 2. The van der Waals surface area contributed by atoms with Crippen LogP contribution in [0.2, 0.25) is 5.02 Å². The van der Waals surface area contributed by atoms with Gasteiger partial charge in [0.2, 0.25) is 0 Å². The molecule has 0 saturated heterocycles. The van der Waals surface area contributed by atoms with Crippen molar-refractivity contribution < 1.29 is 9.53 Å². The van der Waals surface area contributed by atoms with Crippen LogP contribution in [0.25, 0.3) is 11.1 Å². The summed E-state index contributed by atoms with van der Waals surface area (Å²) in [6, 6.07) is 19.3. The number of hydrogen-bond donors (Lipinski definition) is 2. The molecular formula is C25H23ClN4O2S2. The summed E-state index contributed by atoms with van der Waals surface area (Å²) in [5.41, 5.74) is 4.32. The van der Waals surface area contributed by atoms with Crippen LogP contribution in [0.15, 0.2) is 60.7 Å². The molecule has 2 N–H and O–H groups in total. The molecule has 34 heavy (non-hydrogen) atoms. The Hall–Kier alpha value is -3.20. The Bertz CT molecular complexity index is 1330. The lowest BCUT2D eigenvalue weighted by atomic mass is 10.0. The van der Waals surface area contributed by atoms with Gasteiger partial charge in [0.1, 0.15) is 10.6 Å². The highest BCUT2D eigenvalue weighted by atomic mass is 35.5. The van der Waals surface area contributed by atoms with E-state index >= 15 is 0 Å². The van der Waals surface area contributed by atoms with Crippen LogP contribution in [0, 0.1) is 13.8 Å². The molecule has 0 aliphatic rings. The number of esters is 1. The summed E-state index contributed by atoms with van der Waals surface area (Å²) in [5, 5.41) is 12.6. The molecule has 9 heteroatoms. The van der Waals surface area contributed by atoms with Gasteiger partial charge in [0, 0.05) is 27.2 Å². The van der Waals surface area contributed by atoms with Crippen molar-refractivity contribution in [3.8, 4) is 11.1 Å². The number of halogens is 1. The van der Waals surface area contributed by atoms with E-state index in [2.05, 4.69) is 15.7 Å². The molecule has 0 fully saturated rings. The van der Waals surface area contributed by atoms with Crippen molar-refractivity contribution in [1.29, 1.82) is 0 Å². The van der Waals surface area contributed by atoms with Gasteiger partial charge in [-0.1, -0.05) is 54.1 Å². The number of anilines is 2. The van der Waals surface area contributed by atoms with E-state index in [1.165, 1.54) is 18.4 Å². The van der Waals surface area contributed by atoms with E-state index in [-0.39, 0.29) is 0 Å². The number of thiocarbonyl (C=S) groups is 1. The molecule has 6 nitrogen and oxygen atoms in total. The van der Waals surface area contributed by atoms with Crippen LogP contribution < -0.4 is 10.6 Å². The summed E-state index contributed by atoms with van der Waals surface area (Å²) >= 11 is 13.0. The van der Waals surface area contributed by atoms with Crippen LogP contribution >= 0.6 is 35.2 Å². The van der Waals surface area contributed by atoms with Gasteiger partial charge in [-0.15, -0.1) is 11.3 Å². The van der Waals surface area contributed by atoms with Crippen molar-refractivity contribution in [2.45, 2.75) is 20.4 Å². The first-order chi connectivity index (χ1) is 16.4. The second-order valence-corrected chi connectivity index (χ2v) is 9.70. The van der Waals surface area contributed by atoms with Crippen molar-refractivity contribution in [2.75, 3.05) is 17.7 Å². The largest absolute Gasteiger partial charge is 0.465 e. The lowest BCUT2D eigenvalue weighted by Crippen LogP contribution is -2.20. The molecule has 174 valence electrons. The Morgan fingerprint density at radius 2 is 1.82 bits per heavy atom. The molecule has 0 unspecified atom stereocenters. The lowest BCUT2D eigenvalue weighted by molar-refractivity contribution is 0.0603. The molecule has 0 radical (unpaired) electrons. The van der Waals surface area contributed by atoms with Gasteiger partial charge >= 0.3 is 5.97 Å². The minimum atomic E-state index is -0.420. The minimum absolute atomic E-state index is 0.335. The van der Waals surface area contributed by atoms with Crippen molar-refractivity contribution in [2.24, 2.45) is 0 Å². The van der Waals surface area contributed by atoms with E-state index in [9.17, 15) is 4.79 Å². The summed E-state index contributed by atoms with van der Waals surface area (Å²) < 4.78 is 6.96. The van der Waals surface area contributed by atoms with Gasteiger partial charge in [0.15, 0.2) is 10.9 Å². The van der Waals surface area contributed by atoms with E-state index in [1.807, 2.05) is 79.2 Å². The van der Waals surface area contributed by atoms with E-state index in [0.717, 1.165) is 27.3 Å². The summed E-state index contributed by atoms with van der Waals surface area (Å²) in [6.07, 6.45) is 0. The van der Waals surface area contributed by atoms with Crippen molar-refractivity contribution in [3.05, 3.63) is 87.4 Å². The van der Waals surface area contributed by atoms with E-state index < -0.39 is 5.97 Å². The third-order valence-electron chi connectivity index (χ3n) is 5.23. The zero-order valence-electron chi connectivity index (χ0n) is 18.9. The van der Waals surface area contributed by atoms with Crippen LogP contribution in [0.3, 0.4) is 0 Å². The van der Waals surface area contributed by atoms with Gasteiger partial charge in [0.25, 0.3) is 0 Å². The molecule has 2 heterocycles. The Labute approximate surface area is 212 Å². The third kappa shape index (κ3) is 5.30. The van der Waals surface area contributed by atoms with Crippen LogP contribution in [0.4, 0.5) is 10.8 Å². The predicted molar refractivity (Wildman–Crippen MR) is 143 cm³/mol. The number of carbonyl (C=O) groups excluding carboxylic acids is 1.